The van der Waals surface area contributed by atoms with Crippen molar-refractivity contribution in [2.75, 3.05) is 17.5 Å². The van der Waals surface area contributed by atoms with Crippen LogP contribution in [0.2, 0.25) is 0 Å². The molecule has 1 fully saturated rings. The number of nitrogens with zero attached hydrogens (tertiary/aromatic N) is 2. The average molecular weight is 474 g/mol. The van der Waals surface area contributed by atoms with Crippen molar-refractivity contribution in [2.24, 2.45) is 0 Å². The van der Waals surface area contributed by atoms with Crippen molar-refractivity contribution in [3.8, 4) is 0 Å². The van der Waals surface area contributed by atoms with Crippen molar-refractivity contribution in [3.05, 3.63) is 35.9 Å². The summed E-state index contributed by atoms with van der Waals surface area (Å²) in [5.74, 6) is -0.00998. The van der Waals surface area contributed by atoms with Crippen molar-refractivity contribution in [1.29, 1.82) is 0 Å². The molecule has 1 aromatic carbocycles. The van der Waals surface area contributed by atoms with E-state index in [1.54, 1.807) is 4.90 Å². The molecule has 0 saturated carbocycles. The van der Waals surface area contributed by atoms with Crippen LogP contribution >= 0.6 is 22.6 Å². The second kappa shape index (κ2) is 9.03. The van der Waals surface area contributed by atoms with E-state index >= 15 is 0 Å². The summed E-state index contributed by atoms with van der Waals surface area (Å²) in [5.41, 5.74) is 0.447. The maximum atomic E-state index is 12.5. The quantitative estimate of drug-likeness (QED) is 0.539. The zero-order chi connectivity index (χ0) is 19.3. The fourth-order valence-corrected chi connectivity index (χ4v) is 3.46. The molecule has 1 heterocycles. The first kappa shape index (κ1) is 21.0. The van der Waals surface area contributed by atoms with Crippen molar-refractivity contribution in [3.63, 3.8) is 0 Å². The second-order valence-electron chi connectivity index (χ2n) is 7.49. The Bertz CT molecular complexity index is 618. The van der Waals surface area contributed by atoms with E-state index < -0.39 is 17.8 Å². The number of hydrogen-bond donors (Lipinski definition) is 1. The van der Waals surface area contributed by atoms with E-state index in [-0.39, 0.29) is 18.5 Å². The number of hydrogen-bond acceptors (Lipinski definition) is 4. The van der Waals surface area contributed by atoms with Gasteiger partial charge in [0.2, 0.25) is 5.91 Å². The summed E-state index contributed by atoms with van der Waals surface area (Å²) < 4.78 is 5.73. The number of likely N-dealkylation sites (tertiary alicyclic amines) is 1. The number of carbonyl (C=O) groups excluding carboxylic acids is 2. The third-order valence-electron chi connectivity index (χ3n) is 4.23. The van der Waals surface area contributed by atoms with E-state index in [9.17, 15) is 14.7 Å². The van der Waals surface area contributed by atoms with Gasteiger partial charge in [0.05, 0.1) is 23.1 Å². The fourth-order valence-electron chi connectivity index (χ4n) is 3.02. The molecule has 1 saturated heterocycles. The molecule has 0 radical (unpaired) electrons. The van der Waals surface area contributed by atoms with Gasteiger partial charge in [-0.05, 0) is 32.8 Å². The number of aliphatic hydroxyl groups excluding tert-OH is 1. The molecular formula is C19H27IN2O4. The highest BCUT2D eigenvalue weighted by atomic mass is 127. The lowest BCUT2D eigenvalue weighted by Gasteiger charge is -2.41. The highest BCUT2D eigenvalue weighted by Gasteiger charge is 2.37. The molecule has 0 aromatic heterocycles. The average Bonchev–Trinajstić information content (AvgIpc) is 2.58. The van der Waals surface area contributed by atoms with Gasteiger partial charge in [-0.3, -0.25) is 4.79 Å². The number of carbonyl (C=O) groups is 2. The molecule has 2 unspecified atom stereocenters. The van der Waals surface area contributed by atoms with Crippen molar-refractivity contribution >= 4 is 34.6 Å². The van der Waals surface area contributed by atoms with Gasteiger partial charge < -0.3 is 19.6 Å². The van der Waals surface area contributed by atoms with Crippen LogP contribution in [0.25, 0.3) is 0 Å². The van der Waals surface area contributed by atoms with Crippen molar-refractivity contribution in [1.82, 2.24) is 9.80 Å². The van der Waals surface area contributed by atoms with Gasteiger partial charge >= 0.3 is 6.09 Å². The molecule has 1 N–H and O–H groups in total. The Labute approximate surface area is 168 Å². The Morgan fingerprint density at radius 2 is 1.96 bits per heavy atom. The summed E-state index contributed by atoms with van der Waals surface area (Å²) in [7, 11) is 0. The highest BCUT2D eigenvalue weighted by molar-refractivity contribution is 14.1. The number of halogens is 1. The Morgan fingerprint density at radius 1 is 1.31 bits per heavy atom. The number of alkyl halides is 1. The van der Waals surface area contributed by atoms with Crippen molar-refractivity contribution < 1.29 is 19.4 Å². The summed E-state index contributed by atoms with van der Waals surface area (Å²) in [6, 6.07) is 9.43. The molecule has 2 amide bonds. The van der Waals surface area contributed by atoms with Crippen LogP contribution < -0.4 is 0 Å². The lowest BCUT2D eigenvalue weighted by Crippen LogP contribution is -2.57. The van der Waals surface area contributed by atoms with Gasteiger partial charge in [0.25, 0.3) is 0 Å². The van der Waals surface area contributed by atoms with Crippen LogP contribution in [0.4, 0.5) is 4.79 Å². The standard InChI is InChI=1S/C19H27IN2O4/c1-19(2,3)26-18(25)21-10-9-15(16(23)13-21)22(17(24)11-20)12-14-7-5-4-6-8-14/h4-8,15-16,23H,9-13H2,1-3H3. The predicted octanol–water partition coefficient (Wildman–Crippen LogP) is 2.82. The summed E-state index contributed by atoms with van der Waals surface area (Å²) in [6.45, 7) is 6.52. The topological polar surface area (TPSA) is 70.1 Å². The molecule has 2 atom stereocenters. The first-order valence-electron chi connectivity index (χ1n) is 8.76. The zero-order valence-corrected chi connectivity index (χ0v) is 17.7. The number of aliphatic hydroxyl groups is 1. The highest BCUT2D eigenvalue weighted by Crippen LogP contribution is 2.22. The molecule has 6 nitrogen and oxygen atoms in total. The van der Waals surface area contributed by atoms with Crippen LogP contribution in [-0.2, 0) is 16.1 Å². The normalized spacial score (nSPS) is 20.6. The molecule has 0 bridgehead atoms. The molecule has 1 aromatic rings. The minimum absolute atomic E-state index is 0.00998. The summed E-state index contributed by atoms with van der Waals surface area (Å²) in [6.07, 6.45) is -0.702. The maximum absolute atomic E-state index is 12.5. The Morgan fingerprint density at radius 3 is 2.50 bits per heavy atom. The molecule has 2 rings (SSSR count). The van der Waals surface area contributed by atoms with Gasteiger partial charge in [-0.15, -0.1) is 0 Å². The molecule has 26 heavy (non-hydrogen) atoms. The van der Waals surface area contributed by atoms with E-state index in [1.807, 2.05) is 73.7 Å². The SMILES string of the molecule is CC(C)(C)OC(=O)N1CCC(N(Cc2ccccc2)C(=O)CI)C(O)C1. The Balaban J connectivity index is 2.06. The van der Waals surface area contributed by atoms with Crippen LogP contribution in [0.1, 0.15) is 32.8 Å². The lowest BCUT2D eigenvalue weighted by molar-refractivity contribution is -0.135. The van der Waals surface area contributed by atoms with E-state index in [0.717, 1.165) is 5.56 Å². The molecule has 7 heteroatoms. The summed E-state index contributed by atoms with van der Waals surface area (Å²) >= 11 is 2.05. The molecule has 0 spiro atoms. The van der Waals surface area contributed by atoms with Crippen LogP contribution in [-0.4, -0.2) is 62.2 Å². The number of ether oxygens (including phenoxy) is 1. The number of benzene rings is 1. The second-order valence-corrected chi connectivity index (χ2v) is 8.25. The minimum Gasteiger partial charge on any atom is -0.444 e. The third-order valence-corrected chi connectivity index (χ3v) is 4.88. The van der Waals surface area contributed by atoms with Crippen LogP contribution in [0.3, 0.4) is 0 Å². The van der Waals surface area contributed by atoms with E-state index in [2.05, 4.69) is 0 Å². The van der Waals surface area contributed by atoms with E-state index in [1.165, 1.54) is 4.90 Å². The van der Waals surface area contributed by atoms with Crippen LogP contribution in [0.15, 0.2) is 30.3 Å². The summed E-state index contributed by atoms with van der Waals surface area (Å²) in [5, 5.41) is 10.6. The third kappa shape index (κ3) is 5.84. The number of β-amino-alcohol motifs (C(OH)–C–C–N with tert-alkyl or cyclic N) is 1. The lowest BCUT2D eigenvalue weighted by atomic mass is 9.99. The van der Waals surface area contributed by atoms with Gasteiger partial charge in [-0.1, -0.05) is 52.9 Å². The largest absolute Gasteiger partial charge is 0.444 e. The van der Waals surface area contributed by atoms with Gasteiger partial charge in [0, 0.05) is 13.1 Å². The van der Waals surface area contributed by atoms with Gasteiger partial charge in [0.15, 0.2) is 0 Å². The summed E-state index contributed by atoms with van der Waals surface area (Å²) in [4.78, 5) is 27.9. The molecular weight excluding hydrogens is 447 g/mol. The number of amides is 2. The predicted molar refractivity (Wildman–Crippen MR) is 108 cm³/mol. The van der Waals surface area contributed by atoms with E-state index in [4.69, 9.17) is 4.74 Å². The van der Waals surface area contributed by atoms with Gasteiger partial charge in [-0.25, -0.2) is 4.79 Å². The zero-order valence-electron chi connectivity index (χ0n) is 15.5. The molecule has 1 aliphatic heterocycles. The van der Waals surface area contributed by atoms with Crippen LogP contribution in [0, 0.1) is 0 Å². The van der Waals surface area contributed by atoms with Crippen LogP contribution in [0.5, 0.6) is 0 Å². The monoisotopic (exact) mass is 474 g/mol. The fraction of sp³-hybridized carbons (Fsp3) is 0.579. The van der Waals surface area contributed by atoms with Crippen molar-refractivity contribution in [2.45, 2.75) is 51.5 Å². The minimum atomic E-state index is -0.799. The maximum Gasteiger partial charge on any atom is 0.410 e. The Hall–Kier alpha value is -1.35. The van der Waals surface area contributed by atoms with Gasteiger partial charge in [0.1, 0.15) is 5.60 Å². The van der Waals surface area contributed by atoms with Gasteiger partial charge in [-0.2, -0.15) is 0 Å². The molecule has 1 aliphatic rings. The smallest absolute Gasteiger partial charge is 0.410 e. The van der Waals surface area contributed by atoms with E-state index in [0.29, 0.717) is 23.9 Å². The number of rotatable bonds is 4. The first-order chi connectivity index (χ1) is 12.2. The molecule has 0 aliphatic carbocycles. The Kier molecular flexibility index (Phi) is 7.28. The molecule has 144 valence electrons. The number of piperidine rings is 1. The first-order valence-corrected chi connectivity index (χ1v) is 10.3.